The molecule has 1 atom stereocenters. The Labute approximate surface area is 167 Å². The van der Waals surface area contributed by atoms with Crippen molar-refractivity contribution in [1.29, 1.82) is 0 Å². The minimum absolute atomic E-state index is 0. The quantitative estimate of drug-likeness (QED) is 0.241. The zero-order chi connectivity index (χ0) is 16.9. The molecule has 1 aliphatic rings. The summed E-state index contributed by atoms with van der Waals surface area (Å²) in [6.07, 6.45) is 2.54. The summed E-state index contributed by atoms with van der Waals surface area (Å²) >= 11 is 0. The van der Waals surface area contributed by atoms with Gasteiger partial charge >= 0.3 is 0 Å². The van der Waals surface area contributed by atoms with Gasteiger partial charge in [-0.25, -0.2) is 0 Å². The summed E-state index contributed by atoms with van der Waals surface area (Å²) in [6, 6.07) is 10.2. The third kappa shape index (κ3) is 9.98. The van der Waals surface area contributed by atoms with Gasteiger partial charge in [-0.15, -0.1) is 24.0 Å². The van der Waals surface area contributed by atoms with Gasteiger partial charge in [0.1, 0.15) is 0 Å². The van der Waals surface area contributed by atoms with E-state index < -0.39 is 0 Å². The first-order chi connectivity index (χ1) is 11.9. The summed E-state index contributed by atoms with van der Waals surface area (Å²) < 4.78 is 16.8. The fraction of sp³-hybridized carbons (Fsp3) is 0.611. The molecular weight excluding hydrogens is 433 g/mol. The largest absolute Gasteiger partial charge is 0.377 e. The monoisotopic (exact) mass is 463 g/mol. The van der Waals surface area contributed by atoms with Crippen LogP contribution in [0.1, 0.15) is 18.4 Å². The zero-order valence-corrected chi connectivity index (χ0v) is 17.2. The minimum Gasteiger partial charge on any atom is -0.377 e. The lowest BCUT2D eigenvalue weighted by atomic mass is 10.2. The van der Waals surface area contributed by atoms with Crippen LogP contribution in [-0.4, -0.2) is 58.6 Å². The number of hydrogen-bond donors (Lipinski definition) is 2. The van der Waals surface area contributed by atoms with Crippen molar-refractivity contribution in [2.45, 2.75) is 25.6 Å². The fourth-order valence-electron chi connectivity index (χ4n) is 2.46. The SMILES string of the molecule is CN=C(NCCOCc1ccccc1)NCCOCC1CCCO1.I. The number of halogens is 1. The lowest BCUT2D eigenvalue weighted by Crippen LogP contribution is -2.40. The van der Waals surface area contributed by atoms with E-state index in [4.69, 9.17) is 14.2 Å². The van der Waals surface area contributed by atoms with Crippen LogP contribution in [0.15, 0.2) is 35.3 Å². The molecule has 2 N–H and O–H groups in total. The van der Waals surface area contributed by atoms with Crippen molar-refractivity contribution in [2.24, 2.45) is 4.99 Å². The smallest absolute Gasteiger partial charge is 0.191 e. The van der Waals surface area contributed by atoms with E-state index in [0.29, 0.717) is 33.0 Å². The maximum Gasteiger partial charge on any atom is 0.191 e. The second-order valence-electron chi connectivity index (χ2n) is 5.67. The summed E-state index contributed by atoms with van der Waals surface area (Å²) in [6.45, 7) is 4.89. The Morgan fingerprint density at radius 1 is 1.16 bits per heavy atom. The van der Waals surface area contributed by atoms with E-state index in [1.807, 2.05) is 18.2 Å². The van der Waals surface area contributed by atoms with Crippen LogP contribution in [0.4, 0.5) is 0 Å². The molecule has 1 aromatic carbocycles. The molecule has 1 heterocycles. The van der Waals surface area contributed by atoms with E-state index >= 15 is 0 Å². The number of nitrogens with one attached hydrogen (secondary N) is 2. The average molecular weight is 463 g/mol. The normalized spacial score (nSPS) is 17.2. The van der Waals surface area contributed by atoms with Gasteiger partial charge in [0.15, 0.2) is 5.96 Å². The number of guanidine groups is 1. The molecule has 0 bridgehead atoms. The number of hydrogen-bond acceptors (Lipinski definition) is 4. The lowest BCUT2D eigenvalue weighted by molar-refractivity contribution is 0.0191. The van der Waals surface area contributed by atoms with Crippen LogP contribution in [0, 0.1) is 0 Å². The van der Waals surface area contributed by atoms with Gasteiger partial charge in [-0.3, -0.25) is 4.99 Å². The van der Waals surface area contributed by atoms with Crippen molar-refractivity contribution in [3.63, 3.8) is 0 Å². The molecule has 0 amide bonds. The summed E-state index contributed by atoms with van der Waals surface area (Å²) in [5.41, 5.74) is 1.18. The topological polar surface area (TPSA) is 64.1 Å². The highest BCUT2D eigenvalue weighted by molar-refractivity contribution is 14.0. The molecule has 1 aromatic rings. The van der Waals surface area contributed by atoms with E-state index in [2.05, 4.69) is 27.8 Å². The van der Waals surface area contributed by atoms with Gasteiger partial charge in [-0.05, 0) is 18.4 Å². The van der Waals surface area contributed by atoms with Crippen molar-refractivity contribution < 1.29 is 14.2 Å². The molecule has 142 valence electrons. The number of aliphatic imine (C=N–C) groups is 1. The maximum atomic E-state index is 5.63. The molecule has 0 aromatic heterocycles. The van der Waals surface area contributed by atoms with Crippen LogP contribution in [-0.2, 0) is 20.8 Å². The van der Waals surface area contributed by atoms with Gasteiger partial charge in [-0.1, -0.05) is 30.3 Å². The fourth-order valence-corrected chi connectivity index (χ4v) is 2.46. The van der Waals surface area contributed by atoms with Crippen molar-refractivity contribution >= 4 is 29.9 Å². The summed E-state index contributed by atoms with van der Waals surface area (Å²) in [5, 5.41) is 6.44. The molecule has 1 aliphatic heterocycles. The van der Waals surface area contributed by atoms with Gasteiger partial charge < -0.3 is 24.8 Å². The predicted molar refractivity (Wildman–Crippen MR) is 111 cm³/mol. The maximum absolute atomic E-state index is 5.63. The van der Waals surface area contributed by atoms with E-state index in [-0.39, 0.29) is 30.1 Å². The van der Waals surface area contributed by atoms with E-state index in [9.17, 15) is 0 Å². The molecular formula is C18H30IN3O3. The summed E-state index contributed by atoms with van der Waals surface area (Å²) in [4.78, 5) is 4.18. The molecule has 1 fully saturated rings. The van der Waals surface area contributed by atoms with Crippen molar-refractivity contribution in [3.8, 4) is 0 Å². The molecule has 6 nitrogen and oxygen atoms in total. The van der Waals surface area contributed by atoms with Crippen molar-refractivity contribution in [1.82, 2.24) is 10.6 Å². The Balaban J connectivity index is 0.00000312. The number of ether oxygens (including phenoxy) is 3. The molecule has 0 radical (unpaired) electrons. The van der Waals surface area contributed by atoms with Crippen LogP contribution in [0.25, 0.3) is 0 Å². The number of rotatable bonds is 10. The number of benzene rings is 1. The third-order valence-electron chi connectivity index (χ3n) is 3.74. The van der Waals surface area contributed by atoms with Crippen LogP contribution < -0.4 is 10.6 Å². The zero-order valence-electron chi connectivity index (χ0n) is 14.9. The number of nitrogens with zero attached hydrogens (tertiary/aromatic N) is 1. The second kappa shape index (κ2) is 14.3. The van der Waals surface area contributed by atoms with Crippen LogP contribution in [0.5, 0.6) is 0 Å². The Morgan fingerprint density at radius 2 is 1.88 bits per heavy atom. The van der Waals surface area contributed by atoms with Gasteiger partial charge in [0.05, 0.1) is 32.5 Å². The second-order valence-corrected chi connectivity index (χ2v) is 5.67. The van der Waals surface area contributed by atoms with Gasteiger partial charge in [0, 0.05) is 26.7 Å². The Hall–Kier alpha value is -0.900. The third-order valence-corrected chi connectivity index (χ3v) is 3.74. The van der Waals surface area contributed by atoms with E-state index in [0.717, 1.165) is 32.0 Å². The van der Waals surface area contributed by atoms with Crippen LogP contribution in [0.3, 0.4) is 0 Å². The van der Waals surface area contributed by atoms with Crippen LogP contribution in [0.2, 0.25) is 0 Å². The lowest BCUT2D eigenvalue weighted by Gasteiger charge is -2.13. The summed E-state index contributed by atoms with van der Waals surface area (Å²) in [7, 11) is 1.76. The molecule has 1 unspecified atom stereocenters. The first-order valence-electron chi connectivity index (χ1n) is 8.64. The highest BCUT2D eigenvalue weighted by Crippen LogP contribution is 2.11. The molecule has 0 saturated carbocycles. The minimum atomic E-state index is 0. The summed E-state index contributed by atoms with van der Waals surface area (Å²) in [5.74, 6) is 0.763. The van der Waals surface area contributed by atoms with Gasteiger partial charge in [-0.2, -0.15) is 0 Å². The standard InChI is InChI=1S/C18H29N3O3.HI/c1-19-18(21-10-13-23-15-17-8-5-11-24-17)20-9-12-22-14-16-6-3-2-4-7-16;/h2-4,6-7,17H,5,8-15H2,1H3,(H2,19,20,21);1H. The predicted octanol–water partition coefficient (Wildman–Crippen LogP) is 2.18. The Morgan fingerprint density at radius 3 is 2.52 bits per heavy atom. The Kier molecular flexibility index (Phi) is 12.7. The van der Waals surface area contributed by atoms with Gasteiger partial charge in [0.25, 0.3) is 0 Å². The highest BCUT2D eigenvalue weighted by atomic mass is 127. The molecule has 0 aliphatic carbocycles. The van der Waals surface area contributed by atoms with Crippen LogP contribution >= 0.6 is 24.0 Å². The molecule has 0 spiro atoms. The molecule has 7 heteroatoms. The van der Waals surface area contributed by atoms with Crippen molar-refractivity contribution in [3.05, 3.63) is 35.9 Å². The van der Waals surface area contributed by atoms with Gasteiger partial charge in [0.2, 0.25) is 0 Å². The average Bonchev–Trinajstić information content (AvgIpc) is 3.14. The van der Waals surface area contributed by atoms with Crippen molar-refractivity contribution in [2.75, 3.05) is 46.6 Å². The molecule has 2 rings (SSSR count). The molecule has 1 saturated heterocycles. The van der Waals surface area contributed by atoms with E-state index in [1.54, 1.807) is 7.05 Å². The first kappa shape index (κ1) is 22.1. The Bertz CT molecular complexity index is 468. The molecule has 25 heavy (non-hydrogen) atoms. The first-order valence-corrected chi connectivity index (χ1v) is 8.64. The highest BCUT2D eigenvalue weighted by Gasteiger charge is 2.14. The van der Waals surface area contributed by atoms with E-state index in [1.165, 1.54) is 5.56 Å².